The van der Waals surface area contributed by atoms with Crippen LogP contribution in [0.2, 0.25) is 10.0 Å². The van der Waals surface area contributed by atoms with Gasteiger partial charge in [-0.15, -0.1) is 0 Å². The summed E-state index contributed by atoms with van der Waals surface area (Å²) in [5, 5.41) is 9.41. The molecular weight excluding hydrogens is 465 g/mol. The van der Waals surface area contributed by atoms with E-state index in [9.17, 15) is 9.59 Å². The lowest BCUT2D eigenvalue weighted by Gasteiger charge is -2.26. The van der Waals surface area contributed by atoms with Crippen LogP contribution in [0.5, 0.6) is 11.5 Å². The average Bonchev–Trinajstić information content (AvgIpc) is 2.77. The van der Waals surface area contributed by atoms with Gasteiger partial charge in [0, 0.05) is 12.6 Å². The van der Waals surface area contributed by atoms with Gasteiger partial charge >= 0.3 is 5.97 Å². The summed E-state index contributed by atoms with van der Waals surface area (Å²) in [5.41, 5.74) is 1.25. The number of carboxylic acid groups (broad SMARTS) is 1. The molecule has 0 amide bonds. The van der Waals surface area contributed by atoms with Crippen molar-refractivity contribution in [3.8, 4) is 11.5 Å². The number of rotatable bonds is 9. The van der Waals surface area contributed by atoms with E-state index in [2.05, 4.69) is 0 Å². The van der Waals surface area contributed by atoms with Crippen molar-refractivity contribution in [2.45, 2.75) is 44.9 Å². The Morgan fingerprint density at radius 2 is 1.76 bits per heavy atom. The second kappa shape index (κ2) is 10.3. The number of nitrogens with zero attached hydrogens (tertiary/aromatic N) is 1. The highest BCUT2D eigenvalue weighted by Crippen LogP contribution is 2.28. The molecule has 0 unspecified atom stereocenters. The lowest BCUT2D eigenvalue weighted by atomic mass is 9.96. The molecule has 0 atom stereocenters. The van der Waals surface area contributed by atoms with Crippen molar-refractivity contribution in [2.75, 3.05) is 0 Å². The van der Waals surface area contributed by atoms with Crippen molar-refractivity contribution in [3.05, 3.63) is 91.8 Å². The monoisotopic (exact) mass is 487 g/mol. The molecule has 4 rings (SSSR count). The first-order chi connectivity index (χ1) is 15.9. The zero-order valence-electron chi connectivity index (χ0n) is 17.8. The first-order valence-corrected chi connectivity index (χ1v) is 11.5. The molecule has 1 heterocycles. The number of hydrogen-bond acceptors (Lipinski definition) is 4. The maximum atomic E-state index is 12.8. The predicted molar refractivity (Wildman–Crippen MR) is 127 cm³/mol. The van der Waals surface area contributed by atoms with E-state index < -0.39 is 5.97 Å². The van der Waals surface area contributed by atoms with Gasteiger partial charge in [0.1, 0.15) is 23.1 Å². The molecule has 1 aliphatic rings. The van der Waals surface area contributed by atoms with Crippen LogP contribution >= 0.6 is 23.2 Å². The SMILES string of the molecule is O=C(O)c1ccc(CCn2c(COc3cccc(OC4CCC4)c3)c(Cl)cc(Cl)c2=O)cc1. The van der Waals surface area contributed by atoms with E-state index in [4.69, 9.17) is 37.8 Å². The van der Waals surface area contributed by atoms with Gasteiger partial charge in [-0.3, -0.25) is 4.79 Å². The Bertz CT molecular complexity index is 1200. The van der Waals surface area contributed by atoms with Crippen LogP contribution in [0.1, 0.15) is 40.9 Å². The van der Waals surface area contributed by atoms with E-state index in [1.165, 1.54) is 29.2 Å². The van der Waals surface area contributed by atoms with Crippen LogP contribution in [0.4, 0.5) is 0 Å². The highest BCUT2D eigenvalue weighted by Gasteiger charge is 2.19. The van der Waals surface area contributed by atoms with E-state index in [0.717, 1.165) is 24.2 Å². The van der Waals surface area contributed by atoms with E-state index >= 15 is 0 Å². The number of pyridine rings is 1. The van der Waals surface area contributed by atoms with Gasteiger partial charge in [0.25, 0.3) is 5.56 Å². The summed E-state index contributed by atoms with van der Waals surface area (Å²) in [6, 6.07) is 15.4. The summed E-state index contributed by atoms with van der Waals surface area (Å²) in [5.74, 6) is 0.378. The van der Waals surface area contributed by atoms with E-state index in [0.29, 0.717) is 29.4 Å². The number of ether oxygens (including phenoxy) is 2. The normalized spacial score (nSPS) is 13.4. The van der Waals surface area contributed by atoms with Crippen LogP contribution in [0.15, 0.2) is 59.4 Å². The van der Waals surface area contributed by atoms with Crippen molar-refractivity contribution >= 4 is 29.2 Å². The van der Waals surface area contributed by atoms with Crippen LogP contribution in [-0.4, -0.2) is 21.7 Å². The molecule has 1 N–H and O–H groups in total. The molecule has 1 saturated carbocycles. The molecule has 6 nitrogen and oxygen atoms in total. The number of halogens is 2. The standard InChI is InChI=1S/C25H23Cl2NO5/c26-21-14-22(27)24(29)28(12-11-16-7-9-17(10-8-16)25(30)31)23(21)15-32-19-5-2-6-20(13-19)33-18-3-1-4-18/h2,5-10,13-14,18H,1,3-4,11-12,15H2,(H,30,31). The Morgan fingerprint density at radius 1 is 1.03 bits per heavy atom. The molecule has 0 bridgehead atoms. The van der Waals surface area contributed by atoms with E-state index in [1.807, 2.05) is 24.3 Å². The Balaban J connectivity index is 1.49. The van der Waals surface area contributed by atoms with E-state index in [-0.39, 0.29) is 28.9 Å². The maximum Gasteiger partial charge on any atom is 0.335 e. The minimum Gasteiger partial charge on any atom is -0.490 e. The lowest BCUT2D eigenvalue weighted by molar-refractivity contribution is 0.0697. The molecule has 8 heteroatoms. The third-order valence-corrected chi connectivity index (χ3v) is 6.26. The summed E-state index contributed by atoms with van der Waals surface area (Å²) >= 11 is 12.5. The average molecular weight is 488 g/mol. The van der Waals surface area contributed by atoms with Gasteiger partial charge in [-0.2, -0.15) is 0 Å². The molecule has 172 valence electrons. The van der Waals surface area contributed by atoms with Crippen LogP contribution < -0.4 is 15.0 Å². The molecule has 3 aromatic rings. The lowest BCUT2D eigenvalue weighted by Crippen LogP contribution is -2.26. The Morgan fingerprint density at radius 3 is 2.42 bits per heavy atom. The first-order valence-electron chi connectivity index (χ1n) is 10.7. The van der Waals surface area contributed by atoms with Gasteiger partial charge in [-0.1, -0.05) is 41.4 Å². The van der Waals surface area contributed by atoms with Crippen LogP contribution in [0.25, 0.3) is 0 Å². The zero-order valence-corrected chi connectivity index (χ0v) is 19.3. The fourth-order valence-corrected chi connectivity index (χ4v) is 4.08. The van der Waals surface area contributed by atoms with Gasteiger partial charge in [-0.25, -0.2) is 4.79 Å². The predicted octanol–water partition coefficient (Wildman–Crippen LogP) is 5.61. The largest absolute Gasteiger partial charge is 0.490 e. The van der Waals surface area contributed by atoms with Crippen LogP contribution in [-0.2, 0) is 19.6 Å². The molecule has 1 aliphatic carbocycles. The first kappa shape index (κ1) is 23.2. The summed E-state index contributed by atoms with van der Waals surface area (Å²) in [6.07, 6.45) is 4.08. The molecule has 33 heavy (non-hydrogen) atoms. The van der Waals surface area contributed by atoms with E-state index in [1.54, 1.807) is 12.1 Å². The molecule has 0 aliphatic heterocycles. The number of aromatic nitrogens is 1. The smallest absolute Gasteiger partial charge is 0.335 e. The number of carbonyl (C=O) groups is 1. The van der Waals surface area contributed by atoms with Gasteiger partial charge in [-0.05, 0) is 61.6 Å². The van der Waals surface area contributed by atoms with Crippen LogP contribution in [0.3, 0.4) is 0 Å². The third kappa shape index (κ3) is 5.70. The van der Waals surface area contributed by atoms with Gasteiger partial charge < -0.3 is 19.1 Å². The molecular formula is C25H23Cl2NO5. The maximum absolute atomic E-state index is 12.8. The fraction of sp³-hybridized carbons (Fsp3) is 0.280. The number of benzene rings is 2. The Hall–Kier alpha value is -2.96. The molecule has 0 radical (unpaired) electrons. The minimum atomic E-state index is -0.985. The minimum absolute atomic E-state index is 0.0286. The van der Waals surface area contributed by atoms with Gasteiger partial charge in [0.2, 0.25) is 0 Å². The summed E-state index contributed by atoms with van der Waals surface area (Å²) in [4.78, 5) is 23.8. The molecule has 1 aromatic heterocycles. The van der Waals surface area contributed by atoms with Crippen molar-refractivity contribution in [3.63, 3.8) is 0 Å². The van der Waals surface area contributed by atoms with Crippen molar-refractivity contribution in [1.82, 2.24) is 4.57 Å². The number of carboxylic acids is 1. The number of aromatic carboxylic acids is 1. The number of hydrogen-bond donors (Lipinski definition) is 1. The van der Waals surface area contributed by atoms with Gasteiger partial charge in [0.05, 0.1) is 22.4 Å². The Kier molecular flexibility index (Phi) is 7.26. The topological polar surface area (TPSA) is 77.8 Å². The second-order valence-corrected chi connectivity index (χ2v) is 8.74. The van der Waals surface area contributed by atoms with Crippen molar-refractivity contribution in [1.29, 1.82) is 0 Å². The second-order valence-electron chi connectivity index (χ2n) is 7.93. The number of aryl methyl sites for hydroxylation is 1. The van der Waals surface area contributed by atoms with Gasteiger partial charge in [0.15, 0.2) is 0 Å². The third-order valence-electron chi connectivity index (χ3n) is 5.67. The molecule has 2 aromatic carbocycles. The summed E-state index contributed by atoms with van der Waals surface area (Å²) in [6.45, 7) is 0.394. The van der Waals surface area contributed by atoms with Crippen molar-refractivity contribution in [2.24, 2.45) is 0 Å². The molecule has 1 fully saturated rings. The van der Waals surface area contributed by atoms with Crippen molar-refractivity contribution < 1.29 is 19.4 Å². The highest BCUT2D eigenvalue weighted by atomic mass is 35.5. The fourth-order valence-electron chi connectivity index (χ4n) is 3.55. The quantitative estimate of drug-likeness (QED) is 0.424. The van der Waals surface area contributed by atoms with Crippen LogP contribution in [0, 0.1) is 0 Å². The highest BCUT2D eigenvalue weighted by molar-refractivity contribution is 6.34. The molecule has 0 saturated heterocycles. The molecule has 0 spiro atoms. The summed E-state index contributed by atoms with van der Waals surface area (Å²) in [7, 11) is 0. The Labute approximate surface area is 201 Å². The summed E-state index contributed by atoms with van der Waals surface area (Å²) < 4.78 is 13.4. The zero-order chi connectivity index (χ0) is 23.4.